The van der Waals surface area contributed by atoms with E-state index in [-0.39, 0.29) is 31.3 Å². The Balaban J connectivity index is 4.83. The number of amides is 2. The van der Waals surface area contributed by atoms with Gasteiger partial charge in [-0.1, -0.05) is 13.8 Å². The highest BCUT2D eigenvalue weighted by Gasteiger charge is 2.26. The van der Waals surface area contributed by atoms with Crippen molar-refractivity contribution in [3.05, 3.63) is 0 Å². The lowest BCUT2D eigenvalue weighted by molar-refractivity contribution is -0.142. The fourth-order valence-corrected chi connectivity index (χ4v) is 1.99. The van der Waals surface area contributed by atoms with Crippen molar-refractivity contribution in [2.24, 2.45) is 28.1 Å². The smallest absolute Gasteiger partial charge is 0.326 e. The van der Waals surface area contributed by atoms with Gasteiger partial charge in [0.25, 0.3) is 0 Å². The van der Waals surface area contributed by atoms with Crippen LogP contribution in [-0.4, -0.2) is 54.0 Å². The Morgan fingerprint density at radius 1 is 1.12 bits per heavy atom. The van der Waals surface area contributed by atoms with Crippen molar-refractivity contribution < 1.29 is 19.5 Å². The maximum Gasteiger partial charge on any atom is 0.326 e. The molecule has 0 bridgehead atoms. The van der Waals surface area contributed by atoms with Gasteiger partial charge in [0.2, 0.25) is 11.8 Å². The van der Waals surface area contributed by atoms with E-state index in [4.69, 9.17) is 17.2 Å². The first-order valence-corrected chi connectivity index (χ1v) is 7.75. The van der Waals surface area contributed by atoms with Gasteiger partial charge in [-0.05, 0) is 25.2 Å². The first kappa shape index (κ1) is 21.6. The Morgan fingerprint density at radius 3 is 2.21 bits per heavy atom. The molecule has 0 aromatic rings. The summed E-state index contributed by atoms with van der Waals surface area (Å²) in [5.41, 5.74) is 15.7. The van der Waals surface area contributed by atoms with Crippen LogP contribution in [0.15, 0.2) is 4.99 Å². The quantitative estimate of drug-likeness (QED) is 0.143. The zero-order valence-corrected chi connectivity index (χ0v) is 14.1. The number of carbonyl (C=O) groups excluding carboxylic acids is 2. The Morgan fingerprint density at radius 2 is 1.75 bits per heavy atom. The number of nitrogens with zero attached hydrogens (tertiary/aromatic N) is 1. The molecule has 2 amide bonds. The summed E-state index contributed by atoms with van der Waals surface area (Å²) >= 11 is 0. The van der Waals surface area contributed by atoms with Crippen molar-refractivity contribution in [2.75, 3.05) is 13.1 Å². The lowest BCUT2D eigenvalue weighted by Crippen LogP contribution is -2.52. The van der Waals surface area contributed by atoms with Crippen LogP contribution in [0, 0.1) is 5.92 Å². The Hall–Kier alpha value is -2.36. The van der Waals surface area contributed by atoms with Gasteiger partial charge < -0.3 is 32.9 Å². The molecule has 0 rings (SSSR count). The molecule has 0 aromatic carbocycles. The van der Waals surface area contributed by atoms with Crippen LogP contribution in [0.1, 0.15) is 33.1 Å². The van der Waals surface area contributed by atoms with Crippen LogP contribution in [-0.2, 0) is 14.4 Å². The molecule has 138 valence electrons. The van der Waals surface area contributed by atoms with Crippen molar-refractivity contribution >= 4 is 23.7 Å². The molecule has 0 aromatic heterocycles. The number of carboxylic acids is 1. The lowest BCUT2D eigenvalue weighted by Gasteiger charge is -2.22. The number of nitrogens with one attached hydrogen (secondary N) is 2. The van der Waals surface area contributed by atoms with Gasteiger partial charge in [0.15, 0.2) is 5.96 Å². The van der Waals surface area contributed by atoms with Gasteiger partial charge in [0.05, 0.1) is 6.54 Å². The molecule has 2 unspecified atom stereocenters. The van der Waals surface area contributed by atoms with Gasteiger partial charge >= 0.3 is 5.97 Å². The maximum absolute atomic E-state index is 12.3. The second-order valence-corrected chi connectivity index (χ2v) is 5.80. The van der Waals surface area contributed by atoms with E-state index in [1.54, 1.807) is 0 Å². The fraction of sp³-hybridized carbons (Fsp3) is 0.714. The molecule has 9 N–H and O–H groups in total. The molecule has 0 fully saturated rings. The van der Waals surface area contributed by atoms with Crippen LogP contribution < -0.4 is 27.8 Å². The average molecular weight is 344 g/mol. The third-order valence-electron chi connectivity index (χ3n) is 3.10. The second kappa shape index (κ2) is 11.2. The standard InChI is InChI=1S/C14H28N6O4/c1-8(2)6-10(13(23)24)20-12(22)9(19-11(21)7-15)4-3-5-18-14(16)17/h8-10H,3-7,15H2,1-2H3,(H,19,21)(H,20,22)(H,23,24)(H4,16,17,18). The van der Waals surface area contributed by atoms with E-state index < -0.39 is 29.9 Å². The van der Waals surface area contributed by atoms with Crippen LogP contribution in [0.25, 0.3) is 0 Å². The number of rotatable bonds is 11. The fourth-order valence-electron chi connectivity index (χ4n) is 1.99. The Bertz CT molecular complexity index is 462. The minimum Gasteiger partial charge on any atom is -0.480 e. The lowest BCUT2D eigenvalue weighted by atomic mass is 10.0. The number of aliphatic imine (C=N–C) groups is 1. The largest absolute Gasteiger partial charge is 0.480 e. The summed E-state index contributed by atoms with van der Waals surface area (Å²) in [5.74, 6) is -2.18. The van der Waals surface area contributed by atoms with Crippen LogP contribution in [0.5, 0.6) is 0 Å². The molecule has 0 aliphatic rings. The van der Waals surface area contributed by atoms with E-state index in [1.807, 2.05) is 13.8 Å². The molecule has 10 nitrogen and oxygen atoms in total. The molecule has 0 heterocycles. The molecule has 0 aliphatic heterocycles. The molecule has 0 saturated carbocycles. The minimum absolute atomic E-state index is 0.0649. The SMILES string of the molecule is CC(C)CC(NC(=O)C(CCCN=C(N)N)NC(=O)CN)C(=O)O. The third-order valence-corrected chi connectivity index (χ3v) is 3.10. The minimum atomic E-state index is -1.12. The van der Waals surface area contributed by atoms with Crippen molar-refractivity contribution in [1.29, 1.82) is 0 Å². The first-order chi connectivity index (χ1) is 11.2. The monoisotopic (exact) mass is 344 g/mol. The molecular weight excluding hydrogens is 316 g/mol. The first-order valence-electron chi connectivity index (χ1n) is 7.75. The number of guanidine groups is 1. The van der Waals surface area contributed by atoms with Crippen molar-refractivity contribution in [1.82, 2.24) is 10.6 Å². The number of nitrogens with two attached hydrogens (primary N) is 3. The van der Waals surface area contributed by atoms with E-state index in [2.05, 4.69) is 15.6 Å². The number of carboxylic acid groups (broad SMARTS) is 1. The summed E-state index contributed by atoms with van der Waals surface area (Å²) in [6.45, 7) is 3.72. The highest BCUT2D eigenvalue weighted by molar-refractivity contribution is 5.90. The highest BCUT2D eigenvalue weighted by atomic mass is 16.4. The molecule has 0 radical (unpaired) electrons. The summed E-state index contributed by atoms with van der Waals surface area (Å²) in [7, 11) is 0. The van der Waals surface area contributed by atoms with E-state index in [9.17, 15) is 19.5 Å². The predicted molar refractivity (Wildman–Crippen MR) is 89.9 cm³/mol. The van der Waals surface area contributed by atoms with Gasteiger partial charge in [-0.2, -0.15) is 0 Å². The second-order valence-electron chi connectivity index (χ2n) is 5.80. The summed E-state index contributed by atoms with van der Waals surface area (Å²) < 4.78 is 0. The number of hydrogen-bond acceptors (Lipinski definition) is 5. The van der Waals surface area contributed by atoms with Crippen LogP contribution in [0.4, 0.5) is 0 Å². The maximum atomic E-state index is 12.3. The molecule has 10 heteroatoms. The highest BCUT2D eigenvalue weighted by Crippen LogP contribution is 2.06. The zero-order chi connectivity index (χ0) is 18.7. The van der Waals surface area contributed by atoms with Gasteiger partial charge in [0.1, 0.15) is 12.1 Å². The Labute approximate surface area is 141 Å². The van der Waals surface area contributed by atoms with E-state index in [0.717, 1.165) is 0 Å². The van der Waals surface area contributed by atoms with E-state index in [1.165, 1.54) is 0 Å². The number of aliphatic carboxylic acids is 1. The summed E-state index contributed by atoms with van der Waals surface area (Å²) in [4.78, 5) is 38.8. The van der Waals surface area contributed by atoms with Gasteiger partial charge in [-0.15, -0.1) is 0 Å². The summed E-state index contributed by atoms with van der Waals surface area (Å²) in [5, 5.41) is 14.1. The predicted octanol–water partition coefficient (Wildman–Crippen LogP) is -1.90. The molecular formula is C14H28N6O4. The number of hydrogen-bond donors (Lipinski definition) is 6. The topological polar surface area (TPSA) is 186 Å². The van der Waals surface area contributed by atoms with Gasteiger partial charge in [0, 0.05) is 6.54 Å². The van der Waals surface area contributed by atoms with Crippen molar-refractivity contribution in [3.8, 4) is 0 Å². The normalized spacial score (nSPS) is 13.0. The van der Waals surface area contributed by atoms with E-state index in [0.29, 0.717) is 13.0 Å². The van der Waals surface area contributed by atoms with Crippen LogP contribution >= 0.6 is 0 Å². The third kappa shape index (κ3) is 9.62. The summed E-state index contributed by atoms with van der Waals surface area (Å²) in [6, 6.07) is -1.92. The molecule has 0 saturated heterocycles. The van der Waals surface area contributed by atoms with Crippen LogP contribution in [0.2, 0.25) is 0 Å². The van der Waals surface area contributed by atoms with E-state index >= 15 is 0 Å². The average Bonchev–Trinajstić information content (AvgIpc) is 2.48. The molecule has 2 atom stereocenters. The van der Waals surface area contributed by atoms with Gasteiger partial charge in [-0.3, -0.25) is 14.6 Å². The van der Waals surface area contributed by atoms with Gasteiger partial charge in [-0.25, -0.2) is 4.79 Å². The Kier molecular flexibility index (Phi) is 10.1. The molecule has 24 heavy (non-hydrogen) atoms. The van der Waals surface area contributed by atoms with Crippen molar-refractivity contribution in [2.45, 2.75) is 45.2 Å². The molecule has 0 spiro atoms. The van der Waals surface area contributed by atoms with Crippen molar-refractivity contribution in [3.63, 3.8) is 0 Å². The number of carbonyl (C=O) groups is 3. The van der Waals surface area contributed by atoms with Crippen LogP contribution in [0.3, 0.4) is 0 Å². The zero-order valence-electron chi connectivity index (χ0n) is 14.1. The molecule has 0 aliphatic carbocycles. The summed E-state index contributed by atoms with van der Waals surface area (Å²) in [6.07, 6.45) is 0.970.